The Morgan fingerprint density at radius 2 is 1.83 bits per heavy atom. The zero-order valence-corrected chi connectivity index (χ0v) is 7.88. The number of allylic oxidation sites excluding steroid dienone is 8. The van der Waals surface area contributed by atoms with Crippen molar-refractivity contribution in [2.75, 3.05) is 0 Å². The minimum absolute atomic E-state index is 0.991. The fraction of sp³-hybridized carbons (Fsp3) is 0.167. The molecule has 12 heavy (non-hydrogen) atoms. The summed E-state index contributed by atoms with van der Waals surface area (Å²) in [7, 11) is 0. The highest BCUT2D eigenvalue weighted by molar-refractivity contribution is 5.45. The molecule has 0 N–H and O–H groups in total. The van der Waals surface area contributed by atoms with Gasteiger partial charge in [-0.2, -0.15) is 0 Å². The zero-order chi connectivity index (χ0) is 9.40. The minimum atomic E-state index is 0.991. The average molecular weight is 160 g/mol. The lowest BCUT2D eigenvalue weighted by molar-refractivity contribution is 1.55. The number of hydrogen-bond acceptors (Lipinski definition) is 0. The van der Waals surface area contributed by atoms with Gasteiger partial charge < -0.3 is 0 Å². The van der Waals surface area contributed by atoms with Crippen LogP contribution in [0.1, 0.15) is 13.8 Å². The van der Waals surface area contributed by atoms with E-state index in [2.05, 4.69) is 13.2 Å². The Morgan fingerprint density at radius 1 is 1.17 bits per heavy atom. The van der Waals surface area contributed by atoms with Gasteiger partial charge in [-0.05, 0) is 25.0 Å². The molecule has 0 spiro atoms. The maximum Gasteiger partial charge on any atom is -0.0196 e. The van der Waals surface area contributed by atoms with E-state index in [9.17, 15) is 0 Å². The monoisotopic (exact) mass is 160 g/mol. The molecule has 0 aromatic carbocycles. The Hall–Kier alpha value is -1.30. The van der Waals surface area contributed by atoms with Crippen LogP contribution in [0.5, 0.6) is 0 Å². The third kappa shape index (κ3) is 3.77. The first-order valence-corrected chi connectivity index (χ1v) is 4.03. The van der Waals surface area contributed by atoms with Gasteiger partial charge in [0.15, 0.2) is 0 Å². The Kier molecular flexibility index (Phi) is 5.72. The smallest absolute Gasteiger partial charge is 0.0196 e. The Labute approximate surface area is 75.3 Å². The van der Waals surface area contributed by atoms with Gasteiger partial charge in [0.05, 0.1) is 0 Å². The van der Waals surface area contributed by atoms with Gasteiger partial charge in [0.25, 0.3) is 0 Å². The standard InChI is InChI=1S/C12H16/c1-5-8-10-12(7-3)11(4)9-6-2/h5-10H,3-4H2,1-2H3/b8-5-,9-6-,12-10-. The van der Waals surface area contributed by atoms with Crippen LogP contribution in [0.4, 0.5) is 0 Å². The third-order valence-corrected chi connectivity index (χ3v) is 1.43. The lowest BCUT2D eigenvalue weighted by Crippen LogP contribution is -1.78. The molecule has 0 bridgehead atoms. The Balaban J connectivity index is 4.55. The molecule has 0 radical (unpaired) electrons. The molecule has 0 saturated heterocycles. The summed E-state index contributed by atoms with van der Waals surface area (Å²) in [4.78, 5) is 0. The molecule has 0 fully saturated rings. The van der Waals surface area contributed by atoms with Crippen LogP contribution in [0.15, 0.2) is 60.8 Å². The van der Waals surface area contributed by atoms with Crippen LogP contribution in [0, 0.1) is 0 Å². The molecule has 0 aromatic rings. The van der Waals surface area contributed by atoms with Gasteiger partial charge in [0, 0.05) is 0 Å². The van der Waals surface area contributed by atoms with Crippen LogP contribution in [-0.4, -0.2) is 0 Å². The van der Waals surface area contributed by atoms with E-state index in [0.29, 0.717) is 0 Å². The molecule has 64 valence electrons. The van der Waals surface area contributed by atoms with Crippen LogP contribution in [0.2, 0.25) is 0 Å². The molecule has 0 nitrogen and oxygen atoms in total. The highest BCUT2D eigenvalue weighted by atomic mass is 14.0. The van der Waals surface area contributed by atoms with Crippen molar-refractivity contribution in [3.8, 4) is 0 Å². The first-order valence-electron chi connectivity index (χ1n) is 4.03. The van der Waals surface area contributed by atoms with Crippen molar-refractivity contribution in [2.45, 2.75) is 13.8 Å². The summed E-state index contributed by atoms with van der Waals surface area (Å²) in [6.07, 6.45) is 11.7. The van der Waals surface area contributed by atoms with E-state index in [4.69, 9.17) is 0 Å². The first kappa shape index (κ1) is 10.7. The molecule has 0 aliphatic rings. The van der Waals surface area contributed by atoms with E-state index < -0.39 is 0 Å². The van der Waals surface area contributed by atoms with Gasteiger partial charge in [-0.25, -0.2) is 0 Å². The lowest BCUT2D eigenvalue weighted by atomic mass is 10.1. The van der Waals surface area contributed by atoms with E-state index in [1.807, 2.05) is 50.3 Å². The van der Waals surface area contributed by atoms with Gasteiger partial charge in [0.2, 0.25) is 0 Å². The van der Waals surface area contributed by atoms with Crippen LogP contribution < -0.4 is 0 Å². The maximum atomic E-state index is 3.91. The fourth-order valence-corrected chi connectivity index (χ4v) is 0.803. The van der Waals surface area contributed by atoms with E-state index >= 15 is 0 Å². The largest absolute Gasteiger partial charge is 0.0984 e. The van der Waals surface area contributed by atoms with Crippen molar-refractivity contribution >= 4 is 0 Å². The van der Waals surface area contributed by atoms with Gasteiger partial charge in [0.1, 0.15) is 0 Å². The molecule has 0 unspecified atom stereocenters. The normalized spacial score (nSPS) is 12.7. The zero-order valence-electron chi connectivity index (χ0n) is 7.88. The second-order valence-electron chi connectivity index (χ2n) is 2.38. The van der Waals surface area contributed by atoms with Gasteiger partial charge in [-0.1, -0.05) is 49.6 Å². The maximum absolute atomic E-state index is 3.91. The average Bonchev–Trinajstić information content (AvgIpc) is 2.06. The molecule has 0 aromatic heterocycles. The molecule has 0 heterocycles. The van der Waals surface area contributed by atoms with Crippen molar-refractivity contribution in [1.82, 2.24) is 0 Å². The number of rotatable bonds is 4. The predicted molar refractivity (Wildman–Crippen MR) is 57.0 cm³/mol. The molecule has 0 aliphatic heterocycles. The summed E-state index contributed by atoms with van der Waals surface area (Å²) >= 11 is 0. The van der Waals surface area contributed by atoms with Crippen LogP contribution >= 0.6 is 0 Å². The summed E-state index contributed by atoms with van der Waals surface area (Å²) in [6.45, 7) is 11.6. The first-order chi connectivity index (χ1) is 5.76. The summed E-state index contributed by atoms with van der Waals surface area (Å²) < 4.78 is 0. The highest BCUT2D eigenvalue weighted by Crippen LogP contribution is 2.10. The molecule has 0 amide bonds. The van der Waals surface area contributed by atoms with Crippen molar-refractivity contribution < 1.29 is 0 Å². The molecular formula is C12H16. The fourth-order valence-electron chi connectivity index (χ4n) is 0.803. The summed E-state index contributed by atoms with van der Waals surface area (Å²) in [5.41, 5.74) is 2.05. The quantitative estimate of drug-likeness (QED) is 0.549. The Bertz CT molecular complexity index is 237. The van der Waals surface area contributed by atoms with Gasteiger partial charge in [-0.3, -0.25) is 0 Å². The molecule has 0 atom stereocenters. The lowest BCUT2D eigenvalue weighted by Gasteiger charge is -1.98. The molecule has 0 rings (SSSR count). The summed E-state index contributed by atoms with van der Waals surface area (Å²) in [5, 5.41) is 0. The summed E-state index contributed by atoms with van der Waals surface area (Å²) in [5.74, 6) is 0. The second kappa shape index (κ2) is 6.41. The van der Waals surface area contributed by atoms with E-state index in [1.165, 1.54) is 0 Å². The Morgan fingerprint density at radius 3 is 2.25 bits per heavy atom. The van der Waals surface area contributed by atoms with Crippen LogP contribution in [0.3, 0.4) is 0 Å². The SMILES string of the molecule is C=C/C(=C/C=C\C)C(=C)/C=C\C. The van der Waals surface area contributed by atoms with Crippen molar-refractivity contribution in [2.24, 2.45) is 0 Å². The topological polar surface area (TPSA) is 0 Å². The third-order valence-electron chi connectivity index (χ3n) is 1.43. The summed E-state index contributed by atoms with van der Waals surface area (Å²) in [6, 6.07) is 0. The van der Waals surface area contributed by atoms with Crippen molar-refractivity contribution in [1.29, 1.82) is 0 Å². The van der Waals surface area contributed by atoms with Crippen molar-refractivity contribution in [3.05, 3.63) is 60.8 Å². The van der Waals surface area contributed by atoms with Crippen LogP contribution in [-0.2, 0) is 0 Å². The van der Waals surface area contributed by atoms with E-state index in [-0.39, 0.29) is 0 Å². The minimum Gasteiger partial charge on any atom is -0.0984 e. The van der Waals surface area contributed by atoms with Gasteiger partial charge >= 0.3 is 0 Å². The van der Waals surface area contributed by atoms with Crippen molar-refractivity contribution in [3.63, 3.8) is 0 Å². The van der Waals surface area contributed by atoms with Crippen LogP contribution in [0.25, 0.3) is 0 Å². The van der Waals surface area contributed by atoms with Gasteiger partial charge in [-0.15, -0.1) is 0 Å². The molecule has 0 heteroatoms. The predicted octanol–water partition coefficient (Wildman–Crippen LogP) is 3.81. The molecule has 0 saturated carbocycles. The molecule has 0 aliphatic carbocycles. The van der Waals surface area contributed by atoms with E-state index in [0.717, 1.165) is 11.1 Å². The number of hydrogen-bond donors (Lipinski definition) is 0. The van der Waals surface area contributed by atoms with E-state index in [1.54, 1.807) is 0 Å². The molecular weight excluding hydrogens is 144 g/mol. The highest BCUT2D eigenvalue weighted by Gasteiger charge is 1.90. The second-order valence-corrected chi connectivity index (χ2v) is 2.38.